The maximum Gasteiger partial charge on any atom is 0.416 e. The highest BCUT2D eigenvalue weighted by Gasteiger charge is 2.34. The van der Waals surface area contributed by atoms with Crippen molar-refractivity contribution in [3.05, 3.63) is 65.2 Å². The van der Waals surface area contributed by atoms with E-state index in [1.807, 2.05) is 24.3 Å². The van der Waals surface area contributed by atoms with Crippen molar-refractivity contribution in [3.63, 3.8) is 0 Å². The molecule has 1 amide bonds. The summed E-state index contributed by atoms with van der Waals surface area (Å²) in [6.45, 7) is 0.219. The number of hydrogen-bond acceptors (Lipinski definition) is 4. The quantitative estimate of drug-likeness (QED) is 0.812. The van der Waals surface area contributed by atoms with E-state index >= 15 is 0 Å². The number of carbonyl (C=O) groups is 2. The van der Waals surface area contributed by atoms with Crippen LogP contribution < -0.4 is 5.32 Å². The highest BCUT2D eigenvalue weighted by atomic mass is 19.4. The monoisotopic (exact) mass is 392 g/mol. The standard InChI is InChI=1S/C20H19F3N2O3/c1-28-19(27)17-9-13-5-2-3-6-14(13)11-25(17)12-18(26)24-16-8-4-7-15(10-16)20(21,22)23/h2-8,10,17H,9,11-12H2,1H3,(H,24,26). The second-order valence-corrected chi connectivity index (χ2v) is 6.54. The molecule has 0 radical (unpaired) electrons. The van der Waals surface area contributed by atoms with Crippen molar-refractivity contribution >= 4 is 17.6 Å². The molecule has 1 aliphatic heterocycles. The predicted octanol–water partition coefficient (Wildman–Crippen LogP) is 3.24. The van der Waals surface area contributed by atoms with Crippen LogP contribution in [-0.2, 0) is 33.5 Å². The molecule has 1 atom stereocenters. The first kappa shape index (κ1) is 19.9. The van der Waals surface area contributed by atoms with Gasteiger partial charge in [0.2, 0.25) is 5.91 Å². The second kappa shape index (κ2) is 8.02. The van der Waals surface area contributed by atoms with Gasteiger partial charge in [0.15, 0.2) is 0 Å². The van der Waals surface area contributed by atoms with Crippen LogP contribution in [0.2, 0.25) is 0 Å². The van der Waals surface area contributed by atoms with Crippen LogP contribution in [-0.4, -0.2) is 36.5 Å². The van der Waals surface area contributed by atoms with Crippen LogP contribution in [0.3, 0.4) is 0 Å². The van der Waals surface area contributed by atoms with Crippen LogP contribution in [0.5, 0.6) is 0 Å². The number of hydrogen-bond donors (Lipinski definition) is 1. The molecule has 148 valence electrons. The van der Waals surface area contributed by atoms with Gasteiger partial charge in [0.25, 0.3) is 0 Å². The molecule has 2 aromatic carbocycles. The third kappa shape index (κ3) is 4.51. The van der Waals surface area contributed by atoms with Crippen LogP contribution in [0.15, 0.2) is 48.5 Å². The molecular weight excluding hydrogens is 373 g/mol. The number of benzene rings is 2. The van der Waals surface area contributed by atoms with E-state index in [1.54, 1.807) is 4.90 Å². The van der Waals surface area contributed by atoms with Gasteiger partial charge in [0.1, 0.15) is 6.04 Å². The number of alkyl halides is 3. The van der Waals surface area contributed by atoms with E-state index in [-0.39, 0.29) is 12.2 Å². The molecule has 8 heteroatoms. The van der Waals surface area contributed by atoms with Gasteiger partial charge >= 0.3 is 12.1 Å². The lowest BCUT2D eigenvalue weighted by atomic mass is 9.94. The Morgan fingerprint density at radius 3 is 2.54 bits per heavy atom. The van der Waals surface area contributed by atoms with Gasteiger partial charge in [-0.25, -0.2) is 0 Å². The molecule has 3 rings (SSSR count). The molecule has 0 spiro atoms. The van der Waals surface area contributed by atoms with Gasteiger partial charge < -0.3 is 10.1 Å². The maximum atomic E-state index is 12.8. The van der Waals surface area contributed by atoms with Crippen molar-refractivity contribution in [2.24, 2.45) is 0 Å². The van der Waals surface area contributed by atoms with Crippen LogP contribution in [0.4, 0.5) is 18.9 Å². The summed E-state index contributed by atoms with van der Waals surface area (Å²) in [6, 6.07) is 11.4. The summed E-state index contributed by atoms with van der Waals surface area (Å²) >= 11 is 0. The molecule has 0 bridgehead atoms. The van der Waals surface area contributed by atoms with Crippen LogP contribution >= 0.6 is 0 Å². The predicted molar refractivity (Wildman–Crippen MR) is 96.4 cm³/mol. The molecule has 0 aliphatic carbocycles. The largest absolute Gasteiger partial charge is 0.468 e. The van der Waals surface area contributed by atoms with E-state index in [0.717, 1.165) is 23.3 Å². The molecule has 1 heterocycles. The molecule has 1 unspecified atom stereocenters. The van der Waals surface area contributed by atoms with Crippen molar-refractivity contribution in [1.29, 1.82) is 0 Å². The second-order valence-electron chi connectivity index (χ2n) is 6.54. The van der Waals surface area contributed by atoms with Crippen molar-refractivity contribution in [1.82, 2.24) is 4.90 Å². The summed E-state index contributed by atoms with van der Waals surface area (Å²) in [5, 5.41) is 2.47. The Balaban J connectivity index is 1.74. The Labute approximate surface area is 160 Å². The van der Waals surface area contributed by atoms with Crippen molar-refractivity contribution < 1.29 is 27.5 Å². The van der Waals surface area contributed by atoms with E-state index < -0.39 is 29.7 Å². The number of carbonyl (C=O) groups excluding carboxylic acids is 2. The maximum absolute atomic E-state index is 12.8. The number of nitrogens with one attached hydrogen (secondary N) is 1. The molecule has 1 aliphatic rings. The number of methoxy groups -OCH3 is 1. The Morgan fingerprint density at radius 2 is 1.86 bits per heavy atom. The molecule has 0 saturated carbocycles. The van der Waals surface area contributed by atoms with Gasteiger partial charge in [-0.1, -0.05) is 30.3 Å². The average molecular weight is 392 g/mol. The normalized spacial score (nSPS) is 16.9. The summed E-state index contributed by atoms with van der Waals surface area (Å²) in [5.74, 6) is -0.964. The van der Waals surface area contributed by atoms with E-state index in [1.165, 1.54) is 19.2 Å². The van der Waals surface area contributed by atoms with E-state index in [4.69, 9.17) is 4.74 Å². The first-order valence-electron chi connectivity index (χ1n) is 8.63. The summed E-state index contributed by atoms with van der Waals surface area (Å²) in [7, 11) is 1.28. The van der Waals surface area contributed by atoms with E-state index in [0.29, 0.717) is 13.0 Å². The molecule has 0 saturated heterocycles. The SMILES string of the molecule is COC(=O)C1Cc2ccccc2CN1CC(=O)Nc1cccc(C(F)(F)F)c1. The summed E-state index contributed by atoms with van der Waals surface area (Å²) < 4.78 is 43.3. The minimum atomic E-state index is -4.49. The minimum Gasteiger partial charge on any atom is -0.468 e. The molecule has 2 aromatic rings. The zero-order chi connectivity index (χ0) is 20.3. The van der Waals surface area contributed by atoms with Gasteiger partial charge in [0.05, 0.1) is 19.2 Å². The summed E-state index contributed by atoms with van der Waals surface area (Å²) in [5.41, 5.74) is 1.21. The average Bonchev–Trinajstić information content (AvgIpc) is 2.66. The Morgan fingerprint density at radius 1 is 1.14 bits per heavy atom. The number of anilines is 1. The molecule has 0 fully saturated rings. The molecule has 0 aromatic heterocycles. The van der Waals surface area contributed by atoms with E-state index in [9.17, 15) is 22.8 Å². The number of esters is 1. The van der Waals surface area contributed by atoms with Crippen molar-refractivity contribution in [3.8, 4) is 0 Å². The van der Waals surface area contributed by atoms with Crippen LogP contribution in [0, 0.1) is 0 Å². The lowest BCUT2D eigenvalue weighted by molar-refractivity contribution is -0.148. The van der Waals surface area contributed by atoms with E-state index in [2.05, 4.69) is 5.32 Å². The Bertz CT molecular complexity index is 883. The van der Waals surface area contributed by atoms with Gasteiger partial charge in [0, 0.05) is 12.2 Å². The number of amides is 1. The Kier molecular flexibility index (Phi) is 5.69. The van der Waals surface area contributed by atoms with Crippen molar-refractivity contribution in [2.75, 3.05) is 19.0 Å². The molecule has 5 nitrogen and oxygen atoms in total. The number of rotatable bonds is 4. The van der Waals surface area contributed by atoms with Gasteiger partial charge in [-0.05, 0) is 35.7 Å². The molecule has 28 heavy (non-hydrogen) atoms. The topological polar surface area (TPSA) is 58.6 Å². The van der Waals surface area contributed by atoms with Crippen molar-refractivity contribution in [2.45, 2.75) is 25.2 Å². The van der Waals surface area contributed by atoms with Gasteiger partial charge in [-0.3, -0.25) is 14.5 Å². The fraction of sp³-hybridized carbons (Fsp3) is 0.300. The zero-order valence-corrected chi connectivity index (χ0v) is 15.1. The fourth-order valence-electron chi connectivity index (χ4n) is 3.27. The lowest BCUT2D eigenvalue weighted by Gasteiger charge is -2.34. The fourth-order valence-corrected chi connectivity index (χ4v) is 3.27. The number of halogens is 3. The van der Waals surface area contributed by atoms with Gasteiger partial charge in [-0.2, -0.15) is 13.2 Å². The summed E-state index contributed by atoms with van der Waals surface area (Å²) in [4.78, 5) is 26.2. The Hall–Kier alpha value is -2.87. The van der Waals surface area contributed by atoms with Gasteiger partial charge in [-0.15, -0.1) is 0 Å². The third-order valence-corrected chi connectivity index (χ3v) is 4.64. The number of fused-ring (bicyclic) bond motifs is 1. The highest BCUT2D eigenvalue weighted by molar-refractivity contribution is 5.92. The highest BCUT2D eigenvalue weighted by Crippen LogP contribution is 2.30. The minimum absolute atomic E-state index is 0.0480. The number of nitrogens with zero attached hydrogens (tertiary/aromatic N) is 1. The lowest BCUT2D eigenvalue weighted by Crippen LogP contribution is -2.49. The molecular formula is C20H19F3N2O3. The van der Waals surface area contributed by atoms with Crippen LogP contribution in [0.25, 0.3) is 0 Å². The zero-order valence-electron chi connectivity index (χ0n) is 15.1. The number of ether oxygens (including phenoxy) is 1. The first-order valence-corrected chi connectivity index (χ1v) is 8.63. The first-order chi connectivity index (χ1) is 13.3. The summed E-state index contributed by atoms with van der Waals surface area (Å²) in [6.07, 6.45) is -4.09. The third-order valence-electron chi connectivity index (χ3n) is 4.64. The smallest absolute Gasteiger partial charge is 0.416 e. The molecule has 1 N–H and O–H groups in total. The van der Waals surface area contributed by atoms with Crippen LogP contribution in [0.1, 0.15) is 16.7 Å².